The Hall–Kier alpha value is -1.36. The Bertz CT molecular complexity index is 708. The van der Waals surface area contributed by atoms with Crippen LogP contribution in [0.15, 0.2) is 30.3 Å². The number of aromatic nitrogens is 1. The van der Waals surface area contributed by atoms with Gasteiger partial charge in [-0.1, -0.05) is 25.1 Å². The van der Waals surface area contributed by atoms with Crippen molar-refractivity contribution in [1.82, 2.24) is 9.88 Å². The molecule has 2 unspecified atom stereocenters. The van der Waals surface area contributed by atoms with Gasteiger partial charge in [-0.15, -0.1) is 24.8 Å². The highest BCUT2D eigenvalue weighted by Crippen LogP contribution is 2.26. The molecule has 1 aliphatic rings. The van der Waals surface area contributed by atoms with Crippen LogP contribution in [0.4, 0.5) is 0 Å². The van der Waals surface area contributed by atoms with Gasteiger partial charge in [0, 0.05) is 30.2 Å². The normalized spacial score (nSPS) is 20.2. The topological polar surface area (TPSA) is 59.2 Å². The first-order valence-corrected chi connectivity index (χ1v) is 7.97. The molecular formula is C18H25Cl2N3O. The zero-order valence-corrected chi connectivity index (χ0v) is 15.7. The van der Waals surface area contributed by atoms with E-state index in [4.69, 9.17) is 5.73 Å². The van der Waals surface area contributed by atoms with E-state index in [1.807, 2.05) is 42.2 Å². The maximum atomic E-state index is 13.1. The summed E-state index contributed by atoms with van der Waals surface area (Å²) in [5, 5.41) is 0.924. The van der Waals surface area contributed by atoms with Gasteiger partial charge in [0.1, 0.15) is 0 Å². The van der Waals surface area contributed by atoms with E-state index in [-0.39, 0.29) is 36.8 Å². The molecule has 3 rings (SSSR count). The first kappa shape index (κ1) is 20.7. The van der Waals surface area contributed by atoms with E-state index < -0.39 is 0 Å². The minimum absolute atomic E-state index is 0. The molecule has 0 saturated carbocycles. The lowest BCUT2D eigenvalue weighted by Gasteiger charge is -2.38. The monoisotopic (exact) mass is 369 g/mol. The third kappa shape index (κ3) is 4.00. The minimum atomic E-state index is 0. The molecule has 1 aliphatic heterocycles. The van der Waals surface area contributed by atoms with Crippen molar-refractivity contribution in [2.45, 2.75) is 32.7 Å². The van der Waals surface area contributed by atoms with E-state index in [1.165, 1.54) is 0 Å². The van der Waals surface area contributed by atoms with Crippen LogP contribution in [-0.2, 0) is 0 Å². The van der Waals surface area contributed by atoms with Crippen LogP contribution in [0.25, 0.3) is 10.9 Å². The number of amides is 1. The number of rotatable bonds is 2. The zero-order valence-electron chi connectivity index (χ0n) is 14.1. The molecule has 0 bridgehead atoms. The van der Waals surface area contributed by atoms with Crippen LogP contribution in [0.3, 0.4) is 0 Å². The lowest BCUT2D eigenvalue weighted by Crippen LogP contribution is -2.49. The fourth-order valence-electron chi connectivity index (χ4n) is 3.38. The number of halogens is 2. The average molecular weight is 370 g/mol. The van der Waals surface area contributed by atoms with Gasteiger partial charge in [-0.2, -0.15) is 0 Å². The van der Waals surface area contributed by atoms with Gasteiger partial charge in [-0.25, -0.2) is 0 Å². The Morgan fingerprint density at radius 2 is 2.04 bits per heavy atom. The Morgan fingerprint density at radius 3 is 2.75 bits per heavy atom. The number of carbonyl (C=O) groups is 1. The summed E-state index contributed by atoms with van der Waals surface area (Å²) in [6.07, 6.45) is 2.04. The summed E-state index contributed by atoms with van der Waals surface area (Å²) in [5.41, 5.74) is 8.40. The second-order valence-corrected chi connectivity index (χ2v) is 6.35. The fraction of sp³-hybridized carbons (Fsp3) is 0.444. The predicted molar refractivity (Wildman–Crippen MR) is 103 cm³/mol. The van der Waals surface area contributed by atoms with Crippen molar-refractivity contribution >= 4 is 41.6 Å². The number of nitrogens with two attached hydrogens (primary N) is 1. The summed E-state index contributed by atoms with van der Waals surface area (Å²) in [5.74, 6) is 0.720. The number of aryl methyl sites for hydroxylation is 1. The number of hydrogen-bond donors (Lipinski definition) is 1. The summed E-state index contributed by atoms with van der Waals surface area (Å²) in [4.78, 5) is 19.6. The van der Waals surface area contributed by atoms with Crippen LogP contribution in [0.1, 0.15) is 35.8 Å². The Labute approximate surface area is 155 Å². The molecule has 2 aromatic rings. The third-order valence-electron chi connectivity index (χ3n) is 4.59. The predicted octanol–water partition coefficient (Wildman–Crippen LogP) is 3.59. The number of likely N-dealkylation sites (tertiary alicyclic amines) is 1. The molecular weight excluding hydrogens is 345 g/mol. The fourth-order valence-corrected chi connectivity index (χ4v) is 3.38. The standard InChI is InChI=1S/C18H23N3O.2ClH/c1-12-7-8-21(14(9-12)11-19)18(22)16-10-13(2)20-17-6-4-3-5-15(16)17;;/h3-6,10,12,14H,7-9,11,19H2,1-2H3;2*1H. The molecule has 2 heterocycles. The second kappa shape index (κ2) is 8.65. The van der Waals surface area contributed by atoms with Crippen LogP contribution in [0.5, 0.6) is 0 Å². The summed E-state index contributed by atoms with van der Waals surface area (Å²) < 4.78 is 0. The lowest BCUT2D eigenvalue weighted by molar-refractivity contribution is 0.0575. The van der Waals surface area contributed by atoms with Crippen LogP contribution in [0.2, 0.25) is 0 Å². The number of hydrogen-bond acceptors (Lipinski definition) is 3. The number of pyridine rings is 1. The zero-order chi connectivity index (χ0) is 15.7. The molecule has 1 fully saturated rings. The lowest BCUT2D eigenvalue weighted by atomic mass is 9.91. The highest BCUT2D eigenvalue weighted by atomic mass is 35.5. The maximum absolute atomic E-state index is 13.1. The van der Waals surface area contributed by atoms with E-state index >= 15 is 0 Å². The van der Waals surface area contributed by atoms with Gasteiger partial charge in [-0.3, -0.25) is 9.78 Å². The number of carbonyl (C=O) groups excluding carboxylic acids is 1. The van der Waals surface area contributed by atoms with Crippen LogP contribution in [0, 0.1) is 12.8 Å². The molecule has 6 heteroatoms. The molecule has 0 spiro atoms. The van der Waals surface area contributed by atoms with Crippen molar-refractivity contribution < 1.29 is 4.79 Å². The first-order chi connectivity index (χ1) is 10.6. The average Bonchev–Trinajstić information content (AvgIpc) is 2.53. The quantitative estimate of drug-likeness (QED) is 0.879. The van der Waals surface area contributed by atoms with Crippen molar-refractivity contribution in [3.05, 3.63) is 41.6 Å². The SMILES string of the molecule is Cc1cc(C(=O)N2CCC(C)CC2CN)c2ccccc2n1.Cl.Cl. The smallest absolute Gasteiger partial charge is 0.254 e. The molecule has 1 aromatic carbocycles. The third-order valence-corrected chi connectivity index (χ3v) is 4.59. The van der Waals surface area contributed by atoms with Gasteiger partial charge >= 0.3 is 0 Å². The Morgan fingerprint density at radius 1 is 1.33 bits per heavy atom. The summed E-state index contributed by atoms with van der Waals surface area (Å²) in [7, 11) is 0. The van der Waals surface area contributed by atoms with Crippen LogP contribution < -0.4 is 5.73 Å². The van der Waals surface area contributed by atoms with Gasteiger partial charge < -0.3 is 10.6 Å². The van der Waals surface area contributed by atoms with E-state index in [1.54, 1.807) is 0 Å². The number of piperidine rings is 1. The molecule has 1 aromatic heterocycles. The molecule has 1 amide bonds. The number of nitrogens with zero attached hydrogens (tertiary/aromatic N) is 2. The first-order valence-electron chi connectivity index (χ1n) is 7.97. The highest BCUT2D eigenvalue weighted by molar-refractivity contribution is 6.06. The van der Waals surface area contributed by atoms with E-state index in [2.05, 4.69) is 11.9 Å². The summed E-state index contributed by atoms with van der Waals surface area (Å²) in [6.45, 7) is 5.48. The van der Waals surface area contributed by atoms with Crippen molar-refractivity contribution in [3.63, 3.8) is 0 Å². The molecule has 4 nitrogen and oxygen atoms in total. The molecule has 0 radical (unpaired) electrons. The van der Waals surface area contributed by atoms with Crippen LogP contribution in [-0.4, -0.2) is 34.9 Å². The van der Waals surface area contributed by atoms with Crippen molar-refractivity contribution in [2.75, 3.05) is 13.1 Å². The van der Waals surface area contributed by atoms with E-state index in [0.29, 0.717) is 12.5 Å². The summed E-state index contributed by atoms with van der Waals surface area (Å²) >= 11 is 0. The molecule has 0 aliphatic carbocycles. The van der Waals surface area contributed by atoms with Crippen molar-refractivity contribution in [2.24, 2.45) is 11.7 Å². The molecule has 1 saturated heterocycles. The number of fused-ring (bicyclic) bond motifs is 1. The summed E-state index contributed by atoms with van der Waals surface area (Å²) in [6, 6.07) is 9.87. The molecule has 132 valence electrons. The number of benzene rings is 1. The van der Waals surface area contributed by atoms with E-state index in [0.717, 1.165) is 41.5 Å². The van der Waals surface area contributed by atoms with Crippen LogP contribution >= 0.6 is 24.8 Å². The molecule has 24 heavy (non-hydrogen) atoms. The number of para-hydroxylation sites is 1. The Balaban J connectivity index is 0.00000144. The largest absolute Gasteiger partial charge is 0.334 e. The second-order valence-electron chi connectivity index (χ2n) is 6.35. The highest BCUT2D eigenvalue weighted by Gasteiger charge is 2.30. The molecule has 2 N–H and O–H groups in total. The van der Waals surface area contributed by atoms with Crippen molar-refractivity contribution in [3.8, 4) is 0 Å². The van der Waals surface area contributed by atoms with Gasteiger partial charge in [0.15, 0.2) is 0 Å². The minimum Gasteiger partial charge on any atom is -0.334 e. The van der Waals surface area contributed by atoms with Gasteiger partial charge in [0.05, 0.1) is 11.1 Å². The molecule has 2 atom stereocenters. The van der Waals surface area contributed by atoms with Gasteiger partial charge in [0.2, 0.25) is 0 Å². The van der Waals surface area contributed by atoms with Gasteiger partial charge in [0.25, 0.3) is 5.91 Å². The maximum Gasteiger partial charge on any atom is 0.254 e. The van der Waals surface area contributed by atoms with Gasteiger partial charge in [-0.05, 0) is 37.8 Å². The van der Waals surface area contributed by atoms with E-state index in [9.17, 15) is 4.79 Å². The Kier molecular flexibility index (Phi) is 7.46. The van der Waals surface area contributed by atoms with Crippen molar-refractivity contribution in [1.29, 1.82) is 0 Å².